The molecule has 0 aliphatic carbocycles. The van der Waals surface area contributed by atoms with Crippen LogP contribution in [-0.4, -0.2) is 19.1 Å². The molecule has 0 atom stereocenters. The van der Waals surface area contributed by atoms with Gasteiger partial charge in [0, 0.05) is 6.54 Å². The van der Waals surface area contributed by atoms with Crippen molar-refractivity contribution < 1.29 is 18.3 Å². The number of ether oxygens (including phenoxy) is 1. The molecule has 98 valence electrons. The van der Waals surface area contributed by atoms with Crippen molar-refractivity contribution in [1.82, 2.24) is 5.32 Å². The Bertz CT molecular complexity index is 419. The Morgan fingerprint density at radius 1 is 1.44 bits per heavy atom. The molecule has 1 aromatic carbocycles. The standard InChI is InChI=1S/C13H15F2NO2/c1-2-3-6-9-16-12(17)10-7-4-5-8-11(10)18-13(14)15/h2-5,7-8,13H,6,9H2,1H3,(H,16,17)/b3-2+. The predicted octanol–water partition coefficient (Wildman–Crippen LogP) is 2.98. The van der Waals surface area contributed by atoms with Crippen molar-refractivity contribution in [3.63, 3.8) is 0 Å². The molecule has 5 heteroatoms. The Kier molecular flexibility index (Phi) is 5.84. The highest BCUT2D eigenvalue weighted by atomic mass is 19.3. The Balaban J connectivity index is 2.66. The van der Waals surface area contributed by atoms with Crippen LogP contribution in [0, 0.1) is 0 Å². The van der Waals surface area contributed by atoms with Gasteiger partial charge in [0.05, 0.1) is 5.56 Å². The maximum Gasteiger partial charge on any atom is 0.387 e. The Labute approximate surface area is 104 Å². The first-order chi connectivity index (χ1) is 8.65. The minimum atomic E-state index is -2.94. The summed E-state index contributed by atoms with van der Waals surface area (Å²) < 4.78 is 28.6. The zero-order valence-corrected chi connectivity index (χ0v) is 10.0. The highest BCUT2D eigenvalue weighted by Gasteiger charge is 2.14. The van der Waals surface area contributed by atoms with Gasteiger partial charge in [-0.15, -0.1) is 0 Å². The summed E-state index contributed by atoms with van der Waals surface area (Å²) >= 11 is 0. The van der Waals surface area contributed by atoms with E-state index in [1.165, 1.54) is 18.2 Å². The molecule has 0 heterocycles. The van der Waals surface area contributed by atoms with Crippen molar-refractivity contribution in [2.75, 3.05) is 6.54 Å². The van der Waals surface area contributed by atoms with Crippen LogP contribution in [0.2, 0.25) is 0 Å². The Hall–Kier alpha value is -1.91. The van der Waals surface area contributed by atoms with Gasteiger partial charge >= 0.3 is 6.61 Å². The van der Waals surface area contributed by atoms with Gasteiger partial charge in [-0.25, -0.2) is 0 Å². The first-order valence-electron chi connectivity index (χ1n) is 5.58. The first kappa shape index (κ1) is 14.2. The van der Waals surface area contributed by atoms with Gasteiger partial charge in [0.1, 0.15) is 5.75 Å². The van der Waals surface area contributed by atoms with Gasteiger partial charge in [0.15, 0.2) is 0 Å². The maximum absolute atomic E-state index is 12.2. The molecule has 0 aromatic heterocycles. The van der Waals surface area contributed by atoms with Crippen molar-refractivity contribution >= 4 is 5.91 Å². The van der Waals surface area contributed by atoms with Crippen LogP contribution in [0.15, 0.2) is 36.4 Å². The molecule has 0 bridgehead atoms. The molecule has 0 aliphatic heterocycles. The van der Waals surface area contributed by atoms with Crippen molar-refractivity contribution in [2.24, 2.45) is 0 Å². The number of para-hydroxylation sites is 1. The summed E-state index contributed by atoms with van der Waals surface area (Å²) in [5, 5.41) is 2.63. The topological polar surface area (TPSA) is 38.3 Å². The summed E-state index contributed by atoms with van der Waals surface area (Å²) in [6.45, 7) is -0.609. The Morgan fingerprint density at radius 2 is 2.17 bits per heavy atom. The van der Waals surface area contributed by atoms with Crippen LogP contribution >= 0.6 is 0 Å². The lowest BCUT2D eigenvalue weighted by molar-refractivity contribution is -0.0501. The fourth-order valence-electron chi connectivity index (χ4n) is 1.38. The van der Waals surface area contributed by atoms with E-state index in [2.05, 4.69) is 10.1 Å². The van der Waals surface area contributed by atoms with E-state index in [1.54, 1.807) is 6.07 Å². The summed E-state index contributed by atoms with van der Waals surface area (Å²) in [7, 11) is 0. The molecule has 0 saturated carbocycles. The number of halogens is 2. The fraction of sp³-hybridized carbons (Fsp3) is 0.308. The summed E-state index contributed by atoms with van der Waals surface area (Å²) in [5.41, 5.74) is 0.110. The van der Waals surface area contributed by atoms with Crippen LogP contribution < -0.4 is 10.1 Å². The van der Waals surface area contributed by atoms with Gasteiger partial charge in [-0.2, -0.15) is 8.78 Å². The van der Waals surface area contributed by atoms with Gasteiger partial charge in [0.25, 0.3) is 5.91 Å². The number of carbonyl (C=O) groups excluding carboxylic acids is 1. The zero-order valence-electron chi connectivity index (χ0n) is 10.0. The number of hydrogen-bond acceptors (Lipinski definition) is 2. The van der Waals surface area contributed by atoms with Crippen LogP contribution in [0.4, 0.5) is 8.78 Å². The summed E-state index contributed by atoms with van der Waals surface area (Å²) in [6, 6.07) is 5.92. The first-order valence-corrected chi connectivity index (χ1v) is 5.58. The van der Waals surface area contributed by atoms with Crippen LogP contribution in [-0.2, 0) is 0 Å². The molecule has 0 spiro atoms. The van der Waals surface area contributed by atoms with E-state index in [0.717, 1.165) is 0 Å². The molecule has 0 aliphatic rings. The third kappa shape index (κ3) is 4.53. The molecule has 1 aromatic rings. The van der Waals surface area contributed by atoms with Crippen LogP contribution in [0.1, 0.15) is 23.7 Å². The van der Waals surface area contributed by atoms with E-state index in [4.69, 9.17) is 0 Å². The summed E-state index contributed by atoms with van der Waals surface area (Å²) in [6.07, 6.45) is 4.47. The van der Waals surface area contributed by atoms with Crippen molar-refractivity contribution in [3.8, 4) is 5.75 Å². The average Bonchev–Trinajstić information content (AvgIpc) is 2.34. The van der Waals surface area contributed by atoms with Crippen LogP contribution in [0.5, 0.6) is 5.75 Å². The van der Waals surface area contributed by atoms with Crippen LogP contribution in [0.3, 0.4) is 0 Å². The quantitative estimate of drug-likeness (QED) is 0.627. The normalized spacial score (nSPS) is 10.9. The molecule has 0 unspecified atom stereocenters. The molecule has 1 amide bonds. The molecular weight excluding hydrogens is 240 g/mol. The number of benzene rings is 1. The molecule has 0 saturated heterocycles. The van der Waals surface area contributed by atoms with E-state index in [-0.39, 0.29) is 11.3 Å². The van der Waals surface area contributed by atoms with Gasteiger partial charge in [-0.05, 0) is 25.5 Å². The molecular formula is C13H15F2NO2. The van der Waals surface area contributed by atoms with Crippen LogP contribution in [0.25, 0.3) is 0 Å². The summed E-state index contributed by atoms with van der Waals surface area (Å²) in [4.78, 5) is 11.8. The second-order valence-corrected chi connectivity index (χ2v) is 3.49. The Morgan fingerprint density at radius 3 is 2.83 bits per heavy atom. The fourth-order valence-corrected chi connectivity index (χ4v) is 1.38. The van der Waals surface area contributed by atoms with E-state index in [9.17, 15) is 13.6 Å². The number of carbonyl (C=O) groups is 1. The monoisotopic (exact) mass is 255 g/mol. The van der Waals surface area contributed by atoms with Crippen molar-refractivity contribution in [2.45, 2.75) is 20.0 Å². The third-order valence-corrected chi connectivity index (χ3v) is 2.18. The van der Waals surface area contributed by atoms with Gasteiger partial charge < -0.3 is 10.1 Å². The lowest BCUT2D eigenvalue weighted by Crippen LogP contribution is -2.25. The number of alkyl halides is 2. The number of nitrogens with one attached hydrogen (secondary N) is 1. The van der Waals surface area contributed by atoms with E-state index >= 15 is 0 Å². The molecule has 0 radical (unpaired) electrons. The third-order valence-electron chi connectivity index (χ3n) is 2.18. The summed E-state index contributed by atoms with van der Waals surface area (Å²) in [5.74, 6) is -0.535. The number of rotatable bonds is 6. The average molecular weight is 255 g/mol. The molecule has 1 N–H and O–H groups in total. The van der Waals surface area contributed by atoms with Crippen molar-refractivity contribution in [3.05, 3.63) is 42.0 Å². The molecule has 18 heavy (non-hydrogen) atoms. The van der Waals surface area contributed by atoms with E-state index in [1.807, 2.05) is 19.1 Å². The smallest absolute Gasteiger partial charge is 0.387 e. The molecule has 3 nitrogen and oxygen atoms in total. The van der Waals surface area contributed by atoms with Gasteiger partial charge in [-0.1, -0.05) is 24.3 Å². The van der Waals surface area contributed by atoms with E-state index in [0.29, 0.717) is 13.0 Å². The lowest BCUT2D eigenvalue weighted by Gasteiger charge is -2.10. The van der Waals surface area contributed by atoms with Gasteiger partial charge in [-0.3, -0.25) is 4.79 Å². The lowest BCUT2D eigenvalue weighted by atomic mass is 10.2. The van der Waals surface area contributed by atoms with Gasteiger partial charge in [0.2, 0.25) is 0 Å². The molecule has 0 fully saturated rings. The predicted molar refractivity (Wildman–Crippen MR) is 64.8 cm³/mol. The number of hydrogen-bond donors (Lipinski definition) is 1. The molecule has 1 rings (SSSR count). The largest absolute Gasteiger partial charge is 0.434 e. The zero-order chi connectivity index (χ0) is 13.4. The minimum Gasteiger partial charge on any atom is -0.434 e. The second kappa shape index (κ2) is 7.42. The number of allylic oxidation sites excluding steroid dienone is 1. The number of amides is 1. The SMILES string of the molecule is C/C=C/CCNC(=O)c1ccccc1OC(F)F. The second-order valence-electron chi connectivity index (χ2n) is 3.49. The van der Waals surface area contributed by atoms with E-state index < -0.39 is 12.5 Å². The van der Waals surface area contributed by atoms with Crippen molar-refractivity contribution in [1.29, 1.82) is 0 Å². The minimum absolute atomic E-state index is 0.110. The highest BCUT2D eigenvalue weighted by molar-refractivity contribution is 5.96. The highest BCUT2D eigenvalue weighted by Crippen LogP contribution is 2.19. The maximum atomic E-state index is 12.2.